The number of benzene rings is 1. The highest BCUT2D eigenvalue weighted by Crippen LogP contribution is 2.35. The predicted octanol–water partition coefficient (Wildman–Crippen LogP) is 2.40. The number of aryl methyl sites for hydroxylation is 1. The van der Waals surface area contributed by atoms with E-state index in [-0.39, 0.29) is 12.1 Å². The van der Waals surface area contributed by atoms with E-state index >= 15 is 0 Å². The molecule has 1 aliphatic rings. The van der Waals surface area contributed by atoms with Crippen LogP contribution in [-0.4, -0.2) is 29.8 Å². The molecule has 0 fully saturated rings. The molecule has 0 saturated carbocycles. The van der Waals surface area contributed by atoms with Gasteiger partial charge in [-0.05, 0) is 31.5 Å². The van der Waals surface area contributed by atoms with E-state index in [2.05, 4.69) is 17.7 Å². The number of ether oxygens (including phenoxy) is 2. The van der Waals surface area contributed by atoms with Crippen molar-refractivity contribution in [2.75, 3.05) is 14.2 Å². The van der Waals surface area contributed by atoms with Crippen LogP contribution >= 0.6 is 0 Å². The summed E-state index contributed by atoms with van der Waals surface area (Å²) >= 11 is 0. The fraction of sp³-hybridized carbons (Fsp3) is 0.438. The largest absolute Gasteiger partial charge is 0.497 e. The Balaban J connectivity index is 2.07. The molecule has 0 bridgehead atoms. The highest BCUT2D eigenvalue weighted by atomic mass is 16.5. The molecule has 5 heteroatoms. The maximum Gasteiger partial charge on any atom is 0.128 e. The van der Waals surface area contributed by atoms with Crippen molar-refractivity contribution in [3.05, 3.63) is 30.2 Å². The Morgan fingerprint density at radius 2 is 2.10 bits per heavy atom. The fourth-order valence-corrected chi connectivity index (χ4v) is 2.86. The van der Waals surface area contributed by atoms with Crippen molar-refractivity contribution in [1.29, 1.82) is 0 Å². The molecule has 1 aromatic carbocycles. The minimum absolute atomic E-state index is 0.187. The van der Waals surface area contributed by atoms with Crippen LogP contribution in [0.15, 0.2) is 24.4 Å². The molecule has 0 amide bonds. The number of nitrogens with zero attached hydrogens (tertiary/aromatic N) is 2. The van der Waals surface area contributed by atoms with Crippen LogP contribution in [-0.2, 0) is 6.42 Å². The highest BCUT2D eigenvalue weighted by molar-refractivity contribution is 5.69. The molecule has 5 nitrogen and oxygen atoms in total. The van der Waals surface area contributed by atoms with Gasteiger partial charge in [0.05, 0.1) is 19.9 Å². The Kier molecular flexibility index (Phi) is 3.59. The third-order valence-corrected chi connectivity index (χ3v) is 4.25. The highest BCUT2D eigenvalue weighted by Gasteiger charge is 2.25. The van der Waals surface area contributed by atoms with E-state index in [1.807, 2.05) is 18.2 Å². The van der Waals surface area contributed by atoms with Gasteiger partial charge in [0.2, 0.25) is 0 Å². The second-order valence-corrected chi connectivity index (χ2v) is 5.46. The molecule has 1 aromatic heterocycles. The van der Waals surface area contributed by atoms with Gasteiger partial charge < -0.3 is 19.8 Å². The summed E-state index contributed by atoms with van der Waals surface area (Å²) in [5.74, 6) is 2.67. The monoisotopic (exact) mass is 287 g/mol. The lowest BCUT2D eigenvalue weighted by atomic mass is 10.0. The molecule has 2 atom stereocenters. The van der Waals surface area contributed by atoms with Gasteiger partial charge in [-0.2, -0.15) is 0 Å². The van der Waals surface area contributed by atoms with E-state index in [9.17, 15) is 0 Å². The maximum atomic E-state index is 6.15. The predicted molar refractivity (Wildman–Crippen MR) is 81.8 cm³/mol. The van der Waals surface area contributed by atoms with Crippen LogP contribution in [0.2, 0.25) is 0 Å². The number of fused-ring (bicyclic) bond motifs is 1. The van der Waals surface area contributed by atoms with Crippen LogP contribution in [0.1, 0.15) is 25.2 Å². The number of imidazole rings is 1. The summed E-state index contributed by atoms with van der Waals surface area (Å²) in [6.07, 6.45) is 3.96. The number of rotatable bonds is 3. The van der Waals surface area contributed by atoms with Gasteiger partial charge in [-0.25, -0.2) is 4.98 Å². The molecule has 1 aliphatic heterocycles. The minimum atomic E-state index is 0.187. The van der Waals surface area contributed by atoms with Crippen LogP contribution in [0.25, 0.3) is 11.3 Å². The second kappa shape index (κ2) is 5.41. The number of nitrogens with two attached hydrogens (primary N) is 1. The first-order chi connectivity index (χ1) is 10.1. The zero-order valence-electron chi connectivity index (χ0n) is 12.7. The zero-order valence-corrected chi connectivity index (χ0v) is 12.7. The topological polar surface area (TPSA) is 62.3 Å². The van der Waals surface area contributed by atoms with Gasteiger partial charge in [0, 0.05) is 30.3 Å². The fourth-order valence-electron chi connectivity index (χ4n) is 2.86. The molecular weight excluding hydrogens is 266 g/mol. The van der Waals surface area contributed by atoms with Crippen molar-refractivity contribution < 1.29 is 9.47 Å². The van der Waals surface area contributed by atoms with Gasteiger partial charge >= 0.3 is 0 Å². The summed E-state index contributed by atoms with van der Waals surface area (Å²) in [5, 5.41) is 0. The lowest BCUT2D eigenvalue weighted by Crippen LogP contribution is -2.35. The lowest BCUT2D eigenvalue weighted by molar-refractivity contribution is 0.368. The standard InChI is InChI=1S/C16H21N3O2/c1-10-13(17)5-7-16-18-14(9-19(10)16)12-8-11(20-2)4-6-15(12)21-3/h4,6,8-10,13H,5,7,17H2,1-3H3. The molecule has 2 N–H and O–H groups in total. The summed E-state index contributed by atoms with van der Waals surface area (Å²) in [5.41, 5.74) is 8.00. The number of hydrogen-bond donors (Lipinski definition) is 1. The molecule has 2 heterocycles. The Labute approximate surface area is 124 Å². The Morgan fingerprint density at radius 1 is 1.29 bits per heavy atom. The van der Waals surface area contributed by atoms with E-state index in [1.165, 1.54) is 0 Å². The second-order valence-electron chi connectivity index (χ2n) is 5.46. The molecule has 21 heavy (non-hydrogen) atoms. The van der Waals surface area contributed by atoms with E-state index in [0.29, 0.717) is 0 Å². The van der Waals surface area contributed by atoms with Gasteiger partial charge in [-0.1, -0.05) is 0 Å². The van der Waals surface area contributed by atoms with E-state index in [1.54, 1.807) is 14.2 Å². The first-order valence-electron chi connectivity index (χ1n) is 7.19. The summed E-state index contributed by atoms with van der Waals surface area (Å²) in [6.45, 7) is 2.14. The van der Waals surface area contributed by atoms with E-state index in [0.717, 1.165) is 41.4 Å². The third-order valence-electron chi connectivity index (χ3n) is 4.25. The van der Waals surface area contributed by atoms with E-state index < -0.39 is 0 Å². The molecule has 0 saturated heterocycles. The quantitative estimate of drug-likeness (QED) is 0.941. The van der Waals surface area contributed by atoms with Crippen molar-refractivity contribution in [1.82, 2.24) is 9.55 Å². The van der Waals surface area contributed by atoms with Crippen molar-refractivity contribution in [2.24, 2.45) is 5.73 Å². The van der Waals surface area contributed by atoms with Gasteiger partial charge in [-0.15, -0.1) is 0 Å². The average molecular weight is 287 g/mol. The van der Waals surface area contributed by atoms with Crippen molar-refractivity contribution >= 4 is 0 Å². The first-order valence-corrected chi connectivity index (χ1v) is 7.19. The Morgan fingerprint density at radius 3 is 2.81 bits per heavy atom. The van der Waals surface area contributed by atoms with Crippen molar-refractivity contribution in [2.45, 2.75) is 31.8 Å². The number of methoxy groups -OCH3 is 2. The summed E-state index contributed by atoms with van der Waals surface area (Å²) in [4.78, 5) is 4.76. The first kappa shape index (κ1) is 13.9. The Hall–Kier alpha value is -2.01. The van der Waals surface area contributed by atoms with Crippen LogP contribution in [0.3, 0.4) is 0 Å². The summed E-state index contributed by atoms with van der Waals surface area (Å²) < 4.78 is 12.9. The van der Waals surface area contributed by atoms with Crippen molar-refractivity contribution in [3.8, 4) is 22.8 Å². The van der Waals surface area contributed by atoms with Crippen LogP contribution in [0.4, 0.5) is 0 Å². The van der Waals surface area contributed by atoms with Crippen LogP contribution in [0.5, 0.6) is 11.5 Å². The van der Waals surface area contributed by atoms with Crippen LogP contribution < -0.4 is 15.2 Å². The molecular formula is C16H21N3O2. The van der Waals surface area contributed by atoms with Gasteiger partial charge in [0.1, 0.15) is 17.3 Å². The van der Waals surface area contributed by atoms with Gasteiger partial charge in [-0.3, -0.25) is 0 Å². The van der Waals surface area contributed by atoms with Gasteiger partial charge in [0.15, 0.2) is 0 Å². The number of aromatic nitrogens is 2. The average Bonchev–Trinajstić information content (AvgIpc) is 2.95. The molecule has 0 radical (unpaired) electrons. The summed E-state index contributed by atoms with van der Waals surface area (Å²) in [6, 6.07) is 6.20. The molecule has 112 valence electrons. The normalized spacial score (nSPS) is 21.0. The molecule has 0 spiro atoms. The molecule has 2 unspecified atom stereocenters. The SMILES string of the molecule is COc1ccc(OC)c(-c2cn3c(n2)CCC(N)C3C)c1. The van der Waals surface area contributed by atoms with E-state index in [4.69, 9.17) is 20.2 Å². The maximum absolute atomic E-state index is 6.15. The minimum Gasteiger partial charge on any atom is -0.497 e. The lowest BCUT2D eigenvalue weighted by Gasteiger charge is -2.27. The molecule has 3 rings (SSSR count). The summed E-state index contributed by atoms with van der Waals surface area (Å²) in [7, 11) is 3.32. The molecule has 2 aromatic rings. The molecule has 0 aliphatic carbocycles. The Bertz CT molecular complexity index is 651. The number of hydrogen-bond acceptors (Lipinski definition) is 4. The smallest absolute Gasteiger partial charge is 0.128 e. The van der Waals surface area contributed by atoms with Crippen molar-refractivity contribution in [3.63, 3.8) is 0 Å². The zero-order chi connectivity index (χ0) is 15.0. The van der Waals surface area contributed by atoms with Gasteiger partial charge in [0.25, 0.3) is 0 Å². The third kappa shape index (κ3) is 2.38. The van der Waals surface area contributed by atoms with Crippen LogP contribution in [0, 0.1) is 0 Å².